The molecule has 3 aliphatic rings. The number of allylic oxidation sites excluding steroid dienone is 2. The van der Waals surface area contributed by atoms with Gasteiger partial charge in [-0.1, -0.05) is 6.92 Å². The Balaban J connectivity index is 1.75. The number of aromatic hydroxyl groups is 1. The fourth-order valence-electron chi connectivity index (χ4n) is 6.11. The summed E-state index contributed by atoms with van der Waals surface area (Å²) in [7, 11) is 1.48. The number of nitrogens with two attached hydrogens (primary N) is 1. The standard InChI is InChI=1S/C28H36N2O9/c1-5-30(6-7-39-13(2)3)12-15-10-18(31)21-17(24(15)38-4)9-14-8-16-11-19(32)22(27(29)36)26(35)28(16,37)25(34)20(14)23(21)33/h10,13-14,16,31-32,34,37H,5-9,11-12H2,1-4H3,(H2,29,36)/t14?,16-,28-/m0/s1. The third-order valence-corrected chi connectivity index (χ3v) is 7.99. The Kier molecular flexibility index (Phi) is 7.79. The normalized spacial score (nSPS) is 24.7. The molecule has 6 N–H and O–H groups in total. The lowest BCUT2D eigenvalue weighted by Gasteiger charge is -2.45. The predicted octanol–water partition coefficient (Wildman–Crippen LogP) is 1.84. The van der Waals surface area contributed by atoms with Crippen molar-refractivity contribution in [2.45, 2.75) is 58.3 Å². The molecule has 212 valence electrons. The second-order valence-corrected chi connectivity index (χ2v) is 10.6. The lowest BCUT2D eigenvalue weighted by molar-refractivity contribution is -0.144. The molecular formula is C28H36N2O9. The van der Waals surface area contributed by atoms with E-state index in [1.807, 2.05) is 20.8 Å². The van der Waals surface area contributed by atoms with Crippen molar-refractivity contribution in [1.29, 1.82) is 0 Å². The van der Waals surface area contributed by atoms with Gasteiger partial charge in [0.25, 0.3) is 5.91 Å². The largest absolute Gasteiger partial charge is 0.511 e. The Labute approximate surface area is 226 Å². The van der Waals surface area contributed by atoms with Gasteiger partial charge < -0.3 is 35.6 Å². The molecule has 0 saturated heterocycles. The van der Waals surface area contributed by atoms with E-state index in [0.717, 1.165) is 0 Å². The fourth-order valence-corrected chi connectivity index (χ4v) is 6.11. The van der Waals surface area contributed by atoms with Gasteiger partial charge in [0, 0.05) is 42.1 Å². The first-order valence-electron chi connectivity index (χ1n) is 13.1. The third kappa shape index (κ3) is 4.68. The first kappa shape index (κ1) is 28.6. The fraction of sp³-hybridized carbons (Fsp3) is 0.536. The van der Waals surface area contributed by atoms with Gasteiger partial charge >= 0.3 is 0 Å². The summed E-state index contributed by atoms with van der Waals surface area (Å²) in [4.78, 5) is 40.7. The predicted molar refractivity (Wildman–Crippen MR) is 139 cm³/mol. The highest BCUT2D eigenvalue weighted by atomic mass is 16.5. The minimum absolute atomic E-state index is 0.0602. The summed E-state index contributed by atoms with van der Waals surface area (Å²) in [5, 5.41) is 43.8. The van der Waals surface area contributed by atoms with Crippen LogP contribution < -0.4 is 10.5 Å². The molecule has 1 aromatic rings. The van der Waals surface area contributed by atoms with Crippen LogP contribution in [0, 0.1) is 11.8 Å². The van der Waals surface area contributed by atoms with Gasteiger partial charge in [-0.3, -0.25) is 19.3 Å². The van der Waals surface area contributed by atoms with E-state index in [-0.39, 0.29) is 42.3 Å². The highest BCUT2D eigenvalue weighted by Crippen LogP contribution is 2.52. The maximum atomic E-state index is 13.7. The molecule has 1 unspecified atom stereocenters. The van der Waals surface area contributed by atoms with E-state index in [9.17, 15) is 34.8 Å². The zero-order valence-electron chi connectivity index (χ0n) is 22.6. The van der Waals surface area contributed by atoms with Gasteiger partial charge in [0.05, 0.1) is 25.4 Å². The van der Waals surface area contributed by atoms with Crippen molar-refractivity contribution >= 4 is 17.5 Å². The lowest BCUT2D eigenvalue weighted by atomic mass is 9.60. The molecule has 39 heavy (non-hydrogen) atoms. The van der Waals surface area contributed by atoms with E-state index in [1.165, 1.54) is 13.2 Å². The van der Waals surface area contributed by atoms with E-state index in [1.54, 1.807) is 0 Å². The number of fused-ring (bicyclic) bond motifs is 3. The molecule has 1 amide bonds. The number of amides is 1. The van der Waals surface area contributed by atoms with E-state index in [0.29, 0.717) is 43.1 Å². The quantitative estimate of drug-likeness (QED) is 0.288. The Bertz CT molecular complexity index is 1280. The van der Waals surface area contributed by atoms with Gasteiger partial charge in [0.1, 0.15) is 28.6 Å². The number of phenolic OH excluding ortho intramolecular Hbond substituents is 1. The number of ether oxygens (including phenoxy) is 2. The van der Waals surface area contributed by atoms with E-state index in [4.69, 9.17) is 15.2 Å². The Morgan fingerprint density at radius 1 is 1.23 bits per heavy atom. The second kappa shape index (κ2) is 10.6. The molecule has 0 aliphatic heterocycles. The molecular weight excluding hydrogens is 508 g/mol. The summed E-state index contributed by atoms with van der Waals surface area (Å²) in [5.41, 5.74) is 2.73. The molecule has 11 heteroatoms. The number of likely N-dealkylation sites (N-methyl/N-ethyl adjacent to an activating group) is 1. The van der Waals surface area contributed by atoms with Crippen molar-refractivity contribution in [2.24, 2.45) is 17.6 Å². The summed E-state index contributed by atoms with van der Waals surface area (Å²) in [6, 6.07) is 1.46. The number of carbonyl (C=O) groups is 3. The van der Waals surface area contributed by atoms with Crippen LogP contribution in [0.3, 0.4) is 0 Å². The Morgan fingerprint density at radius 3 is 2.51 bits per heavy atom. The molecule has 0 fully saturated rings. The maximum absolute atomic E-state index is 13.7. The minimum atomic E-state index is -2.59. The van der Waals surface area contributed by atoms with Crippen molar-refractivity contribution in [2.75, 3.05) is 26.8 Å². The van der Waals surface area contributed by atoms with E-state index in [2.05, 4.69) is 4.90 Å². The summed E-state index contributed by atoms with van der Waals surface area (Å²) >= 11 is 0. The van der Waals surface area contributed by atoms with E-state index < -0.39 is 52.0 Å². The van der Waals surface area contributed by atoms with Crippen LogP contribution in [0.4, 0.5) is 0 Å². The summed E-state index contributed by atoms with van der Waals surface area (Å²) < 4.78 is 11.4. The monoisotopic (exact) mass is 544 g/mol. The Morgan fingerprint density at radius 2 is 1.92 bits per heavy atom. The molecule has 3 atom stereocenters. The zero-order chi connectivity index (χ0) is 28.8. The number of rotatable bonds is 9. The van der Waals surface area contributed by atoms with Crippen LogP contribution in [0.5, 0.6) is 11.5 Å². The third-order valence-electron chi connectivity index (χ3n) is 7.99. The van der Waals surface area contributed by atoms with Gasteiger partial charge in [-0.15, -0.1) is 0 Å². The molecule has 0 saturated carbocycles. The number of Topliss-reactive ketones (excluding diaryl/α,β-unsaturated/α-hetero) is 2. The van der Waals surface area contributed by atoms with Crippen molar-refractivity contribution in [3.05, 3.63) is 45.4 Å². The summed E-state index contributed by atoms with van der Waals surface area (Å²) in [6.07, 6.45) is 0.0663. The summed E-state index contributed by atoms with van der Waals surface area (Å²) in [5.74, 6) is -6.14. The molecule has 0 spiro atoms. The van der Waals surface area contributed by atoms with Crippen LogP contribution >= 0.6 is 0 Å². The second-order valence-electron chi connectivity index (χ2n) is 10.6. The summed E-state index contributed by atoms with van der Waals surface area (Å²) in [6.45, 7) is 8.25. The van der Waals surface area contributed by atoms with Crippen molar-refractivity contribution in [3.8, 4) is 11.5 Å². The number of nitrogens with zero attached hydrogens (tertiary/aromatic N) is 1. The molecule has 0 aromatic heterocycles. The molecule has 4 rings (SSSR count). The van der Waals surface area contributed by atoms with Crippen LogP contribution in [-0.4, -0.2) is 81.3 Å². The number of carbonyl (C=O) groups excluding carboxylic acids is 3. The van der Waals surface area contributed by atoms with Gasteiger partial charge in [-0.25, -0.2) is 0 Å². The first-order valence-corrected chi connectivity index (χ1v) is 13.1. The number of hydrogen-bond acceptors (Lipinski definition) is 10. The van der Waals surface area contributed by atoms with Crippen LogP contribution in [0.15, 0.2) is 28.7 Å². The van der Waals surface area contributed by atoms with Crippen molar-refractivity contribution in [1.82, 2.24) is 4.90 Å². The smallest absolute Gasteiger partial charge is 0.255 e. The SMILES string of the molecule is CCN(CCOC(C)C)Cc1cc(O)c2c(c1OC)CC1C[C@H]3CC(O)=C(C(N)=O)C(=O)[C@@]3(O)C(O)=C1C2=O. The van der Waals surface area contributed by atoms with Gasteiger partial charge in [0.15, 0.2) is 11.4 Å². The number of benzene rings is 1. The number of primary amides is 1. The molecule has 0 bridgehead atoms. The average molecular weight is 545 g/mol. The van der Waals surface area contributed by atoms with E-state index >= 15 is 0 Å². The molecule has 3 aliphatic carbocycles. The number of phenols is 1. The van der Waals surface area contributed by atoms with Crippen molar-refractivity contribution < 1.29 is 44.3 Å². The zero-order valence-corrected chi connectivity index (χ0v) is 22.6. The van der Waals surface area contributed by atoms with Gasteiger partial charge in [-0.2, -0.15) is 0 Å². The molecule has 0 heterocycles. The maximum Gasteiger partial charge on any atom is 0.255 e. The lowest BCUT2D eigenvalue weighted by Crippen LogP contribution is -2.57. The molecule has 11 nitrogen and oxygen atoms in total. The highest BCUT2D eigenvalue weighted by molar-refractivity contribution is 6.24. The number of hydrogen-bond donors (Lipinski definition) is 5. The minimum Gasteiger partial charge on any atom is -0.511 e. The van der Waals surface area contributed by atoms with Crippen LogP contribution in [0.2, 0.25) is 0 Å². The van der Waals surface area contributed by atoms with Crippen LogP contribution in [0.1, 0.15) is 55.1 Å². The Hall–Kier alpha value is -3.41. The van der Waals surface area contributed by atoms with Crippen LogP contribution in [-0.2, 0) is 27.3 Å². The highest BCUT2D eigenvalue weighted by Gasteiger charge is 2.59. The van der Waals surface area contributed by atoms with Gasteiger partial charge in [-0.05, 0) is 45.2 Å². The average Bonchev–Trinajstić information content (AvgIpc) is 2.85. The first-order chi connectivity index (χ1) is 18.4. The van der Waals surface area contributed by atoms with Crippen LogP contribution in [0.25, 0.3) is 0 Å². The molecule has 1 aromatic carbocycles. The topological polar surface area (TPSA) is 180 Å². The number of aliphatic hydroxyl groups is 3. The van der Waals surface area contributed by atoms with Gasteiger partial charge in [0.2, 0.25) is 5.78 Å². The number of ketones is 2. The van der Waals surface area contributed by atoms with Crippen molar-refractivity contribution in [3.63, 3.8) is 0 Å². The number of methoxy groups -OCH3 is 1. The molecule has 0 radical (unpaired) electrons. The number of aliphatic hydroxyl groups excluding tert-OH is 2.